The van der Waals surface area contributed by atoms with E-state index in [9.17, 15) is 4.79 Å². The lowest BCUT2D eigenvalue weighted by Gasteiger charge is -2.37. The number of likely N-dealkylation sites (N-methyl/N-ethyl adjacent to an activating group) is 1. The number of halogens is 2. The molecule has 0 heterocycles. The summed E-state index contributed by atoms with van der Waals surface area (Å²) in [5.74, 6) is 0.0966. The molecule has 0 radical (unpaired) electrons. The zero-order valence-electron chi connectivity index (χ0n) is 13.5. The molecule has 1 aliphatic rings. The average Bonchev–Trinajstić information content (AvgIpc) is 2.60. The third-order valence-electron chi connectivity index (χ3n) is 4.65. The zero-order chi connectivity index (χ0) is 17.2. The third-order valence-corrected chi connectivity index (χ3v) is 5.23. The number of hydrogen-bond acceptors (Lipinski definition) is 2. The topological polar surface area (TPSA) is 29.1 Å². The van der Waals surface area contributed by atoms with Crippen molar-refractivity contribution in [2.24, 2.45) is 0 Å². The molecule has 0 amide bonds. The Hall–Kier alpha value is -1.61. The van der Waals surface area contributed by atoms with Gasteiger partial charge in [0.05, 0.1) is 0 Å². The SMILES string of the molecule is CNC1(c2ccccc2Cl)CCCC(=Cc2ccc(Cl)cc2)C1=O. The summed E-state index contributed by atoms with van der Waals surface area (Å²) in [6.45, 7) is 0. The summed E-state index contributed by atoms with van der Waals surface area (Å²) < 4.78 is 0. The van der Waals surface area contributed by atoms with E-state index in [2.05, 4.69) is 5.32 Å². The van der Waals surface area contributed by atoms with Crippen LogP contribution in [0.3, 0.4) is 0 Å². The normalized spacial score (nSPS) is 22.8. The molecule has 0 bridgehead atoms. The van der Waals surface area contributed by atoms with E-state index in [1.807, 2.05) is 61.7 Å². The van der Waals surface area contributed by atoms with E-state index < -0.39 is 5.54 Å². The van der Waals surface area contributed by atoms with Crippen LogP contribution < -0.4 is 5.32 Å². The number of carbonyl (C=O) groups excluding carboxylic acids is 1. The molecule has 124 valence electrons. The van der Waals surface area contributed by atoms with Crippen molar-refractivity contribution >= 4 is 35.1 Å². The Morgan fingerprint density at radius 3 is 2.46 bits per heavy atom. The van der Waals surface area contributed by atoms with Crippen molar-refractivity contribution in [3.63, 3.8) is 0 Å². The Morgan fingerprint density at radius 1 is 1.08 bits per heavy atom. The second-order valence-electron chi connectivity index (χ2n) is 6.04. The quantitative estimate of drug-likeness (QED) is 0.758. The number of nitrogens with one attached hydrogen (secondary N) is 1. The second kappa shape index (κ2) is 7.10. The molecule has 1 atom stereocenters. The molecular formula is C20H19Cl2NO. The van der Waals surface area contributed by atoms with Crippen molar-refractivity contribution in [1.82, 2.24) is 5.32 Å². The van der Waals surface area contributed by atoms with Gasteiger partial charge < -0.3 is 5.32 Å². The van der Waals surface area contributed by atoms with Crippen LogP contribution in [0.25, 0.3) is 6.08 Å². The predicted octanol–water partition coefficient (Wildman–Crippen LogP) is 5.24. The third kappa shape index (κ3) is 3.14. The maximum Gasteiger partial charge on any atom is 0.183 e. The highest BCUT2D eigenvalue weighted by Gasteiger charge is 2.43. The van der Waals surface area contributed by atoms with Crippen LogP contribution in [0.2, 0.25) is 10.0 Å². The standard InChI is InChI=1S/C20H19Cl2NO/c1-23-20(17-6-2-3-7-18(17)22)12-4-5-15(19(20)24)13-14-8-10-16(21)11-9-14/h2-3,6-11,13,23H,4-5,12H2,1H3. The molecule has 1 fully saturated rings. The maximum atomic E-state index is 13.3. The van der Waals surface area contributed by atoms with E-state index in [1.54, 1.807) is 0 Å². The molecule has 0 aliphatic heterocycles. The second-order valence-corrected chi connectivity index (χ2v) is 6.88. The van der Waals surface area contributed by atoms with Crippen molar-refractivity contribution < 1.29 is 4.79 Å². The number of Topliss-reactive ketones (excluding diaryl/α,β-unsaturated/α-hetero) is 1. The van der Waals surface area contributed by atoms with Crippen LogP contribution in [-0.2, 0) is 10.3 Å². The van der Waals surface area contributed by atoms with Crippen LogP contribution in [0, 0.1) is 0 Å². The number of benzene rings is 2. The number of hydrogen-bond donors (Lipinski definition) is 1. The summed E-state index contributed by atoms with van der Waals surface area (Å²) in [5, 5.41) is 4.56. The molecule has 1 aliphatic carbocycles. The molecule has 1 N–H and O–H groups in total. The predicted molar refractivity (Wildman–Crippen MR) is 100 cm³/mol. The van der Waals surface area contributed by atoms with Gasteiger partial charge in [-0.2, -0.15) is 0 Å². The first kappa shape index (κ1) is 17.2. The molecule has 1 saturated carbocycles. The van der Waals surface area contributed by atoms with E-state index in [4.69, 9.17) is 23.2 Å². The maximum absolute atomic E-state index is 13.3. The zero-order valence-corrected chi connectivity index (χ0v) is 15.0. The fourth-order valence-corrected chi connectivity index (χ4v) is 3.80. The molecule has 3 rings (SSSR count). The van der Waals surface area contributed by atoms with E-state index in [-0.39, 0.29) is 5.78 Å². The first-order chi connectivity index (χ1) is 11.6. The summed E-state index contributed by atoms with van der Waals surface area (Å²) in [6, 6.07) is 15.1. The summed E-state index contributed by atoms with van der Waals surface area (Å²) in [6.07, 6.45) is 4.40. The van der Waals surface area contributed by atoms with E-state index in [0.29, 0.717) is 10.0 Å². The van der Waals surface area contributed by atoms with E-state index in [1.165, 1.54) is 0 Å². The minimum Gasteiger partial charge on any atom is -0.304 e. The van der Waals surface area contributed by atoms with Gasteiger partial charge in [-0.15, -0.1) is 0 Å². The monoisotopic (exact) mass is 359 g/mol. The Balaban J connectivity index is 2.02. The van der Waals surface area contributed by atoms with Gasteiger partial charge in [0, 0.05) is 10.0 Å². The highest BCUT2D eigenvalue weighted by molar-refractivity contribution is 6.32. The van der Waals surface area contributed by atoms with E-state index >= 15 is 0 Å². The highest BCUT2D eigenvalue weighted by atomic mass is 35.5. The molecule has 2 aromatic carbocycles. The molecule has 1 unspecified atom stereocenters. The molecule has 2 aromatic rings. The fraction of sp³-hybridized carbons (Fsp3) is 0.250. The van der Waals surface area contributed by atoms with Crippen LogP contribution >= 0.6 is 23.2 Å². The first-order valence-electron chi connectivity index (χ1n) is 8.02. The molecule has 0 saturated heterocycles. The summed E-state index contributed by atoms with van der Waals surface area (Å²) >= 11 is 12.3. The molecule has 4 heteroatoms. The number of rotatable bonds is 3. The summed E-state index contributed by atoms with van der Waals surface area (Å²) in [7, 11) is 1.83. The lowest BCUT2D eigenvalue weighted by atomic mass is 9.73. The van der Waals surface area contributed by atoms with Crippen molar-refractivity contribution in [3.8, 4) is 0 Å². The van der Waals surface area contributed by atoms with Crippen molar-refractivity contribution in [1.29, 1.82) is 0 Å². The fourth-order valence-electron chi connectivity index (χ4n) is 3.38. The number of ketones is 1. The smallest absolute Gasteiger partial charge is 0.183 e. The Labute approximate surface area is 152 Å². The Bertz CT molecular complexity index is 782. The van der Waals surface area contributed by atoms with Gasteiger partial charge in [0.25, 0.3) is 0 Å². The van der Waals surface area contributed by atoms with Gasteiger partial charge >= 0.3 is 0 Å². The first-order valence-corrected chi connectivity index (χ1v) is 8.77. The van der Waals surface area contributed by atoms with Crippen molar-refractivity contribution in [2.45, 2.75) is 24.8 Å². The van der Waals surface area contributed by atoms with Gasteiger partial charge in [0.1, 0.15) is 5.54 Å². The lowest BCUT2D eigenvalue weighted by Crippen LogP contribution is -2.50. The molecule has 0 spiro atoms. The largest absolute Gasteiger partial charge is 0.304 e. The summed E-state index contributed by atoms with van der Waals surface area (Å²) in [4.78, 5) is 13.3. The van der Waals surface area contributed by atoms with Crippen LogP contribution in [0.4, 0.5) is 0 Å². The lowest BCUT2D eigenvalue weighted by molar-refractivity contribution is -0.123. The van der Waals surface area contributed by atoms with Gasteiger partial charge in [0.15, 0.2) is 5.78 Å². The van der Waals surface area contributed by atoms with E-state index in [0.717, 1.165) is 36.0 Å². The van der Waals surface area contributed by atoms with Crippen molar-refractivity contribution in [3.05, 3.63) is 75.3 Å². The van der Waals surface area contributed by atoms with Crippen LogP contribution in [0.15, 0.2) is 54.1 Å². The van der Waals surface area contributed by atoms with Crippen LogP contribution in [0.5, 0.6) is 0 Å². The van der Waals surface area contributed by atoms with Crippen LogP contribution in [-0.4, -0.2) is 12.8 Å². The molecule has 0 aromatic heterocycles. The Kier molecular flexibility index (Phi) is 5.09. The van der Waals surface area contributed by atoms with Gasteiger partial charge in [-0.05, 0) is 67.3 Å². The molecule has 2 nitrogen and oxygen atoms in total. The summed E-state index contributed by atoms with van der Waals surface area (Å²) in [5.41, 5.74) is 1.89. The van der Waals surface area contributed by atoms with Gasteiger partial charge in [-0.1, -0.05) is 53.5 Å². The minimum absolute atomic E-state index is 0.0966. The minimum atomic E-state index is -0.755. The van der Waals surface area contributed by atoms with Crippen molar-refractivity contribution in [2.75, 3.05) is 7.05 Å². The Morgan fingerprint density at radius 2 is 1.79 bits per heavy atom. The molecule has 24 heavy (non-hydrogen) atoms. The number of carbonyl (C=O) groups is 1. The highest BCUT2D eigenvalue weighted by Crippen LogP contribution is 2.40. The van der Waals surface area contributed by atoms with Gasteiger partial charge in [0.2, 0.25) is 0 Å². The molecular weight excluding hydrogens is 341 g/mol. The van der Waals surface area contributed by atoms with Gasteiger partial charge in [-0.3, -0.25) is 4.79 Å². The average molecular weight is 360 g/mol. The van der Waals surface area contributed by atoms with Crippen LogP contribution in [0.1, 0.15) is 30.4 Å². The van der Waals surface area contributed by atoms with Gasteiger partial charge in [-0.25, -0.2) is 0 Å².